The molecule has 4 fully saturated rings. The van der Waals surface area contributed by atoms with Crippen LogP contribution in [0.2, 0.25) is 0 Å². The first-order chi connectivity index (χ1) is 25.2. The second-order valence-corrected chi connectivity index (χ2v) is 16.1. The third-order valence-corrected chi connectivity index (χ3v) is 13.8. The second kappa shape index (κ2) is 10.3. The molecule has 0 aliphatic heterocycles. The quantitative estimate of drug-likeness (QED) is 0.179. The van der Waals surface area contributed by atoms with Crippen molar-refractivity contribution in [3.63, 3.8) is 0 Å². The van der Waals surface area contributed by atoms with Crippen LogP contribution in [0.15, 0.2) is 152 Å². The Morgan fingerprint density at radius 1 is 0.431 bits per heavy atom. The van der Waals surface area contributed by atoms with Crippen molar-refractivity contribution in [3.05, 3.63) is 163 Å². The molecule has 0 unspecified atom stereocenters. The number of nitrogens with zero attached hydrogens (tertiary/aromatic N) is 1. The molecule has 5 aliphatic carbocycles. The summed E-state index contributed by atoms with van der Waals surface area (Å²) >= 11 is 0. The molecule has 1 spiro atoms. The molecule has 0 N–H and O–H groups in total. The molecule has 1 heterocycles. The fourth-order valence-corrected chi connectivity index (χ4v) is 12.0. The highest BCUT2D eigenvalue weighted by Gasteiger charge is 2.61. The SMILES string of the molecule is c1ccc(-c2cccc(-n3c4cc(-c5ccc6c(c5)-c5ccccc5C65C6CC7CC(C6)CC5C7)ccc4c4c5ccccc5ccc43)c2)cc1. The van der Waals surface area contributed by atoms with Crippen molar-refractivity contribution in [1.29, 1.82) is 0 Å². The van der Waals surface area contributed by atoms with Crippen LogP contribution in [0.5, 0.6) is 0 Å². The molecule has 1 nitrogen and oxygen atoms in total. The molecule has 1 aromatic heterocycles. The van der Waals surface area contributed by atoms with Crippen LogP contribution in [-0.4, -0.2) is 4.57 Å². The zero-order valence-electron chi connectivity index (χ0n) is 28.7. The highest BCUT2D eigenvalue weighted by molar-refractivity contribution is 6.21. The van der Waals surface area contributed by atoms with E-state index < -0.39 is 0 Å². The van der Waals surface area contributed by atoms with Crippen LogP contribution in [0.1, 0.15) is 43.2 Å². The van der Waals surface area contributed by atoms with Gasteiger partial charge in [0.05, 0.1) is 11.0 Å². The molecule has 7 aromatic carbocycles. The van der Waals surface area contributed by atoms with Crippen molar-refractivity contribution in [3.8, 4) is 39.1 Å². The number of aromatic nitrogens is 1. The molecule has 4 saturated carbocycles. The van der Waals surface area contributed by atoms with E-state index in [1.165, 1.54) is 104 Å². The van der Waals surface area contributed by atoms with E-state index in [-0.39, 0.29) is 5.41 Å². The highest BCUT2D eigenvalue weighted by atomic mass is 15.0. The van der Waals surface area contributed by atoms with Crippen LogP contribution in [0.3, 0.4) is 0 Å². The molecular weight excluding hydrogens is 615 g/mol. The Kier molecular flexibility index (Phi) is 5.73. The number of hydrogen-bond donors (Lipinski definition) is 0. The summed E-state index contributed by atoms with van der Waals surface area (Å²) in [7, 11) is 0. The Hall–Kier alpha value is -5.40. The molecule has 0 radical (unpaired) electrons. The Morgan fingerprint density at radius 2 is 1.12 bits per heavy atom. The molecule has 0 atom stereocenters. The number of rotatable bonds is 3. The maximum atomic E-state index is 2.56. The maximum absolute atomic E-state index is 2.56. The van der Waals surface area contributed by atoms with Gasteiger partial charge in [0, 0.05) is 21.9 Å². The molecule has 51 heavy (non-hydrogen) atoms. The van der Waals surface area contributed by atoms with E-state index >= 15 is 0 Å². The number of benzene rings is 7. The van der Waals surface area contributed by atoms with Gasteiger partial charge in [-0.25, -0.2) is 0 Å². The fourth-order valence-electron chi connectivity index (χ4n) is 12.0. The van der Waals surface area contributed by atoms with Crippen molar-refractivity contribution in [1.82, 2.24) is 4.57 Å². The van der Waals surface area contributed by atoms with Crippen molar-refractivity contribution in [2.75, 3.05) is 0 Å². The zero-order chi connectivity index (χ0) is 33.3. The largest absolute Gasteiger partial charge is 0.309 e. The third kappa shape index (κ3) is 3.82. The standard InChI is InChI=1S/C50H39N/c1-2-9-33(10-3-1)35-12-8-13-40(28-35)51-47-22-19-34-11-4-5-14-41(34)49(47)43-20-17-37(30-48(43)51)36-18-21-46-44(29-36)42-15-6-7-16-45(42)50(46)38-24-31-23-32(26-38)27-39(50)25-31/h1-22,28-32,38-39H,23-27H2. The van der Waals surface area contributed by atoms with Crippen molar-refractivity contribution >= 4 is 32.6 Å². The average molecular weight is 654 g/mol. The van der Waals surface area contributed by atoms with E-state index in [0.29, 0.717) is 0 Å². The van der Waals surface area contributed by atoms with Gasteiger partial charge >= 0.3 is 0 Å². The topological polar surface area (TPSA) is 4.93 Å². The van der Waals surface area contributed by atoms with Crippen molar-refractivity contribution in [2.45, 2.75) is 37.5 Å². The normalized spacial score (nSPS) is 24.2. The molecule has 0 amide bonds. The first-order valence-corrected chi connectivity index (χ1v) is 19.1. The number of hydrogen-bond acceptors (Lipinski definition) is 0. The monoisotopic (exact) mass is 653 g/mol. The summed E-state index contributed by atoms with van der Waals surface area (Å²) in [5.41, 5.74) is 15.2. The second-order valence-electron chi connectivity index (χ2n) is 16.1. The van der Waals surface area contributed by atoms with Gasteiger partial charge in [-0.3, -0.25) is 0 Å². The molecule has 4 bridgehead atoms. The lowest BCUT2D eigenvalue weighted by molar-refractivity contribution is -0.0399. The van der Waals surface area contributed by atoms with Gasteiger partial charge in [0.1, 0.15) is 0 Å². The van der Waals surface area contributed by atoms with Crippen LogP contribution in [0, 0.1) is 23.7 Å². The van der Waals surface area contributed by atoms with Gasteiger partial charge in [-0.05, 0) is 141 Å². The fraction of sp³-hybridized carbons (Fsp3) is 0.200. The maximum Gasteiger partial charge on any atom is 0.0547 e. The average Bonchev–Trinajstić information content (AvgIpc) is 3.67. The molecular formula is C50H39N. The number of fused-ring (bicyclic) bond motifs is 8. The minimum absolute atomic E-state index is 0.207. The summed E-state index contributed by atoms with van der Waals surface area (Å²) in [4.78, 5) is 0. The van der Waals surface area contributed by atoms with E-state index in [0.717, 1.165) is 23.7 Å². The third-order valence-electron chi connectivity index (χ3n) is 13.8. The predicted octanol–water partition coefficient (Wildman–Crippen LogP) is 13.0. The van der Waals surface area contributed by atoms with Crippen LogP contribution in [0.4, 0.5) is 0 Å². The minimum Gasteiger partial charge on any atom is -0.309 e. The lowest BCUT2D eigenvalue weighted by Crippen LogP contribution is -2.55. The Morgan fingerprint density at radius 3 is 1.98 bits per heavy atom. The predicted molar refractivity (Wildman–Crippen MR) is 212 cm³/mol. The Labute approximate surface area is 299 Å². The highest BCUT2D eigenvalue weighted by Crippen LogP contribution is 2.69. The van der Waals surface area contributed by atoms with Crippen LogP contribution in [-0.2, 0) is 5.41 Å². The molecule has 13 rings (SSSR count). The lowest BCUT2D eigenvalue weighted by atomic mass is 9.43. The Bertz CT molecular complexity index is 2680. The summed E-state index contributed by atoms with van der Waals surface area (Å²) in [6, 6.07) is 57.5. The van der Waals surface area contributed by atoms with Crippen molar-refractivity contribution in [2.24, 2.45) is 23.7 Å². The molecule has 5 aliphatic rings. The van der Waals surface area contributed by atoms with E-state index in [4.69, 9.17) is 0 Å². The zero-order valence-corrected chi connectivity index (χ0v) is 28.7. The van der Waals surface area contributed by atoms with Gasteiger partial charge in [-0.15, -0.1) is 0 Å². The van der Waals surface area contributed by atoms with Gasteiger partial charge in [-0.1, -0.05) is 121 Å². The van der Waals surface area contributed by atoms with Gasteiger partial charge < -0.3 is 4.57 Å². The van der Waals surface area contributed by atoms with Crippen LogP contribution >= 0.6 is 0 Å². The molecule has 0 saturated heterocycles. The summed E-state index contributed by atoms with van der Waals surface area (Å²) in [6.45, 7) is 0. The Balaban J connectivity index is 1.07. The first-order valence-electron chi connectivity index (χ1n) is 19.1. The van der Waals surface area contributed by atoms with Gasteiger partial charge in [0.2, 0.25) is 0 Å². The van der Waals surface area contributed by atoms with Gasteiger partial charge in [0.15, 0.2) is 0 Å². The summed E-state index contributed by atoms with van der Waals surface area (Å²) < 4.78 is 2.50. The smallest absolute Gasteiger partial charge is 0.0547 e. The summed E-state index contributed by atoms with van der Waals surface area (Å²) in [5, 5.41) is 5.21. The summed E-state index contributed by atoms with van der Waals surface area (Å²) in [6.07, 6.45) is 7.17. The minimum atomic E-state index is 0.207. The molecule has 244 valence electrons. The lowest BCUT2D eigenvalue weighted by Gasteiger charge is -2.61. The molecule has 1 heteroatoms. The van der Waals surface area contributed by atoms with Crippen LogP contribution in [0.25, 0.3) is 71.6 Å². The van der Waals surface area contributed by atoms with E-state index in [1.54, 1.807) is 11.1 Å². The van der Waals surface area contributed by atoms with Crippen LogP contribution < -0.4 is 0 Å². The summed E-state index contributed by atoms with van der Waals surface area (Å²) in [5.74, 6) is 3.49. The first kappa shape index (κ1) is 28.3. The van der Waals surface area contributed by atoms with Crippen molar-refractivity contribution < 1.29 is 0 Å². The van der Waals surface area contributed by atoms with E-state index in [9.17, 15) is 0 Å². The van der Waals surface area contributed by atoms with Gasteiger partial charge in [0.25, 0.3) is 0 Å². The van der Waals surface area contributed by atoms with E-state index in [2.05, 4.69) is 156 Å². The molecule has 8 aromatic rings. The van der Waals surface area contributed by atoms with Gasteiger partial charge in [-0.2, -0.15) is 0 Å². The van der Waals surface area contributed by atoms with E-state index in [1.807, 2.05) is 0 Å².